The zero-order chi connectivity index (χ0) is 17.3. The van der Waals surface area contributed by atoms with Crippen molar-refractivity contribution in [1.82, 2.24) is 20.2 Å². The standard InChI is InChI=1S/C18H23N5O2/c24-18(21-7-8-23-9-11-25-12-10-23)15-4-6-20-17(13-15)22-14-16-3-1-2-5-19-16/h1-6,13H,7-12,14H2,(H,20,22)(H,21,24). The number of hydrogen-bond acceptors (Lipinski definition) is 6. The molecule has 3 heterocycles. The van der Waals surface area contributed by atoms with E-state index in [1.54, 1.807) is 24.5 Å². The van der Waals surface area contributed by atoms with E-state index in [1.165, 1.54) is 0 Å². The third kappa shape index (κ3) is 5.51. The Morgan fingerprint density at radius 2 is 2.04 bits per heavy atom. The van der Waals surface area contributed by atoms with Gasteiger partial charge in [0.2, 0.25) is 0 Å². The van der Waals surface area contributed by atoms with Gasteiger partial charge in [-0.15, -0.1) is 0 Å². The Hall–Kier alpha value is -2.51. The Morgan fingerprint density at radius 1 is 1.16 bits per heavy atom. The molecule has 1 aliphatic heterocycles. The van der Waals surface area contributed by atoms with E-state index in [-0.39, 0.29) is 5.91 Å². The van der Waals surface area contributed by atoms with Crippen LogP contribution in [-0.2, 0) is 11.3 Å². The highest BCUT2D eigenvalue weighted by molar-refractivity contribution is 5.94. The summed E-state index contributed by atoms with van der Waals surface area (Å²) in [6.07, 6.45) is 3.39. The van der Waals surface area contributed by atoms with Gasteiger partial charge in [0.1, 0.15) is 5.82 Å². The lowest BCUT2D eigenvalue weighted by Gasteiger charge is -2.26. The molecule has 0 aromatic carbocycles. The highest BCUT2D eigenvalue weighted by Crippen LogP contribution is 2.08. The molecule has 7 heteroatoms. The molecular weight excluding hydrogens is 318 g/mol. The van der Waals surface area contributed by atoms with Gasteiger partial charge in [-0.3, -0.25) is 14.7 Å². The quantitative estimate of drug-likeness (QED) is 0.786. The molecule has 1 saturated heterocycles. The number of anilines is 1. The number of aromatic nitrogens is 2. The van der Waals surface area contributed by atoms with Crippen molar-refractivity contribution >= 4 is 11.7 Å². The molecule has 0 saturated carbocycles. The molecule has 2 aromatic rings. The fourth-order valence-electron chi connectivity index (χ4n) is 2.61. The first-order chi connectivity index (χ1) is 12.3. The highest BCUT2D eigenvalue weighted by Gasteiger charge is 2.11. The molecule has 3 rings (SSSR count). The van der Waals surface area contributed by atoms with Gasteiger partial charge in [-0.25, -0.2) is 4.98 Å². The molecule has 1 amide bonds. The summed E-state index contributed by atoms with van der Waals surface area (Å²) in [5.74, 6) is 0.572. The minimum absolute atomic E-state index is 0.0865. The summed E-state index contributed by atoms with van der Waals surface area (Å²) in [6.45, 7) is 5.41. The summed E-state index contributed by atoms with van der Waals surface area (Å²) in [5.41, 5.74) is 1.52. The van der Waals surface area contributed by atoms with Crippen LogP contribution >= 0.6 is 0 Å². The van der Waals surface area contributed by atoms with Crippen LogP contribution in [0.15, 0.2) is 42.7 Å². The maximum Gasteiger partial charge on any atom is 0.251 e. The number of carbonyl (C=O) groups excluding carboxylic acids is 1. The molecule has 2 N–H and O–H groups in total. The lowest BCUT2D eigenvalue weighted by molar-refractivity contribution is 0.0383. The van der Waals surface area contributed by atoms with Gasteiger partial charge in [0.05, 0.1) is 25.5 Å². The summed E-state index contributed by atoms with van der Waals surface area (Å²) in [6, 6.07) is 9.23. The third-order valence-corrected chi connectivity index (χ3v) is 4.02. The third-order valence-electron chi connectivity index (χ3n) is 4.02. The Labute approximate surface area is 147 Å². The highest BCUT2D eigenvalue weighted by atomic mass is 16.5. The van der Waals surface area contributed by atoms with Crippen LogP contribution in [-0.4, -0.2) is 60.2 Å². The first-order valence-electron chi connectivity index (χ1n) is 8.49. The Balaban J connectivity index is 1.47. The molecule has 0 radical (unpaired) electrons. The molecule has 0 aliphatic carbocycles. The molecule has 0 atom stereocenters. The van der Waals surface area contributed by atoms with Crippen molar-refractivity contribution in [2.24, 2.45) is 0 Å². The van der Waals surface area contributed by atoms with Crippen molar-refractivity contribution in [3.05, 3.63) is 54.0 Å². The number of morpholine rings is 1. The van der Waals surface area contributed by atoms with E-state index < -0.39 is 0 Å². The van der Waals surface area contributed by atoms with Gasteiger partial charge in [-0.1, -0.05) is 6.07 Å². The molecule has 0 bridgehead atoms. The number of nitrogens with one attached hydrogen (secondary N) is 2. The number of rotatable bonds is 7. The first-order valence-corrected chi connectivity index (χ1v) is 8.49. The van der Waals surface area contributed by atoms with Crippen LogP contribution in [0.3, 0.4) is 0 Å². The maximum atomic E-state index is 12.3. The fraction of sp³-hybridized carbons (Fsp3) is 0.389. The summed E-state index contributed by atoms with van der Waals surface area (Å²) in [5, 5.41) is 6.15. The Kier molecular flexibility index (Phi) is 6.30. The SMILES string of the molecule is O=C(NCCN1CCOCC1)c1ccnc(NCc2ccccn2)c1. The van der Waals surface area contributed by atoms with Crippen molar-refractivity contribution in [2.45, 2.75) is 6.54 Å². The van der Waals surface area contributed by atoms with Crippen LogP contribution in [0, 0.1) is 0 Å². The second kappa shape index (κ2) is 9.10. The molecule has 0 spiro atoms. The van der Waals surface area contributed by atoms with Gasteiger partial charge in [0, 0.05) is 44.1 Å². The lowest BCUT2D eigenvalue weighted by atomic mass is 10.2. The van der Waals surface area contributed by atoms with Crippen molar-refractivity contribution in [1.29, 1.82) is 0 Å². The van der Waals surface area contributed by atoms with Crippen LogP contribution in [0.25, 0.3) is 0 Å². The second-order valence-corrected chi connectivity index (χ2v) is 5.81. The van der Waals surface area contributed by atoms with E-state index in [0.29, 0.717) is 24.5 Å². The topological polar surface area (TPSA) is 79.4 Å². The van der Waals surface area contributed by atoms with Crippen LogP contribution < -0.4 is 10.6 Å². The van der Waals surface area contributed by atoms with E-state index in [1.807, 2.05) is 18.2 Å². The Bertz CT molecular complexity index is 674. The molecule has 0 unspecified atom stereocenters. The van der Waals surface area contributed by atoms with Gasteiger partial charge < -0.3 is 15.4 Å². The van der Waals surface area contributed by atoms with Crippen molar-refractivity contribution in [3.8, 4) is 0 Å². The fourth-order valence-corrected chi connectivity index (χ4v) is 2.61. The minimum atomic E-state index is -0.0865. The van der Waals surface area contributed by atoms with Gasteiger partial charge in [0.15, 0.2) is 0 Å². The largest absolute Gasteiger partial charge is 0.379 e. The number of pyridine rings is 2. The molecule has 1 fully saturated rings. The molecule has 132 valence electrons. The first kappa shape index (κ1) is 17.3. The van der Waals surface area contributed by atoms with Crippen LogP contribution in [0.4, 0.5) is 5.82 Å². The minimum Gasteiger partial charge on any atom is -0.379 e. The van der Waals surface area contributed by atoms with Crippen LogP contribution in [0.5, 0.6) is 0 Å². The molecule has 25 heavy (non-hydrogen) atoms. The van der Waals surface area contributed by atoms with Crippen molar-refractivity contribution in [2.75, 3.05) is 44.7 Å². The van der Waals surface area contributed by atoms with E-state index >= 15 is 0 Å². The van der Waals surface area contributed by atoms with E-state index in [2.05, 4.69) is 25.5 Å². The molecular formula is C18H23N5O2. The number of hydrogen-bond donors (Lipinski definition) is 2. The summed E-state index contributed by atoms with van der Waals surface area (Å²) >= 11 is 0. The van der Waals surface area contributed by atoms with Crippen LogP contribution in [0.2, 0.25) is 0 Å². The maximum absolute atomic E-state index is 12.3. The monoisotopic (exact) mass is 341 g/mol. The number of ether oxygens (including phenoxy) is 1. The zero-order valence-electron chi connectivity index (χ0n) is 14.1. The average Bonchev–Trinajstić information content (AvgIpc) is 2.68. The number of amides is 1. The normalized spacial score (nSPS) is 14.9. The number of carbonyl (C=O) groups is 1. The Morgan fingerprint density at radius 3 is 2.84 bits per heavy atom. The number of nitrogens with zero attached hydrogens (tertiary/aromatic N) is 3. The van der Waals surface area contributed by atoms with E-state index in [4.69, 9.17) is 4.74 Å². The molecule has 2 aromatic heterocycles. The summed E-state index contributed by atoms with van der Waals surface area (Å²) < 4.78 is 5.32. The average molecular weight is 341 g/mol. The van der Waals surface area contributed by atoms with Gasteiger partial charge >= 0.3 is 0 Å². The van der Waals surface area contributed by atoms with Gasteiger partial charge in [-0.2, -0.15) is 0 Å². The summed E-state index contributed by atoms with van der Waals surface area (Å²) in [7, 11) is 0. The predicted molar refractivity (Wildman–Crippen MR) is 95.4 cm³/mol. The van der Waals surface area contributed by atoms with E-state index in [0.717, 1.165) is 38.5 Å². The van der Waals surface area contributed by atoms with Crippen LogP contribution in [0.1, 0.15) is 16.1 Å². The zero-order valence-corrected chi connectivity index (χ0v) is 14.1. The van der Waals surface area contributed by atoms with Crippen molar-refractivity contribution in [3.63, 3.8) is 0 Å². The van der Waals surface area contributed by atoms with Gasteiger partial charge in [0.25, 0.3) is 5.91 Å². The molecule has 1 aliphatic rings. The second-order valence-electron chi connectivity index (χ2n) is 5.81. The smallest absolute Gasteiger partial charge is 0.251 e. The van der Waals surface area contributed by atoms with Gasteiger partial charge in [-0.05, 0) is 24.3 Å². The van der Waals surface area contributed by atoms with E-state index in [9.17, 15) is 4.79 Å². The molecule has 7 nitrogen and oxygen atoms in total. The lowest BCUT2D eigenvalue weighted by Crippen LogP contribution is -2.41. The predicted octanol–water partition coefficient (Wildman–Crippen LogP) is 1.15. The van der Waals surface area contributed by atoms with Crippen molar-refractivity contribution < 1.29 is 9.53 Å². The summed E-state index contributed by atoms with van der Waals surface area (Å²) in [4.78, 5) is 23.1.